The Kier molecular flexibility index (Phi) is 3.89. The molecule has 2 aliphatic heterocycles. The van der Waals surface area contributed by atoms with Crippen molar-refractivity contribution in [3.05, 3.63) is 47.8 Å². The average Bonchev–Trinajstić information content (AvgIpc) is 3.20. The molecule has 0 radical (unpaired) electrons. The van der Waals surface area contributed by atoms with Crippen LogP contribution in [0.1, 0.15) is 68.4 Å². The number of benzene rings is 1. The summed E-state index contributed by atoms with van der Waals surface area (Å²) in [5.41, 5.74) is 2.18. The minimum Gasteiger partial charge on any atom is -0.333 e. The number of hydrogen-bond donors (Lipinski definition) is 0. The Bertz CT molecular complexity index is 731. The second-order valence-electron chi connectivity index (χ2n) is 8.43. The molecule has 4 rings (SSSR count). The lowest BCUT2D eigenvalue weighted by atomic mass is 9.86. The molecule has 2 atom stereocenters. The van der Waals surface area contributed by atoms with Crippen LogP contribution in [0.5, 0.6) is 0 Å². The Hall–Kier alpha value is -2.17. The molecule has 2 saturated heterocycles. The van der Waals surface area contributed by atoms with Gasteiger partial charge in [0.15, 0.2) is 0 Å². The standard InChI is InChI=1S/C20H26N4O/c1-20(2,3)15-6-4-14(5-7-15)19(25)24-16-8-9-17(24)13-18(12-16)23-11-10-21-22-23/h4-7,10-11,16-18H,8-9,12-13H2,1-3H3. The van der Waals surface area contributed by atoms with Gasteiger partial charge < -0.3 is 4.90 Å². The first kappa shape index (κ1) is 16.3. The predicted molar refractivity (Wildman–Crippen MR) is 96.4 cm³/mol. The Morgan fingerprint density at radius 1 is 1.04 bits per heavy atom. The molecule has 132 valence electrons. The van der Waals surface area contributed by atoms with Gasteiger partial charge in [0.1, 0.15) is 0 Å². The van der Waals surface area contributed by atoms with E-state index in [9.17, 15) is 4.79 Å². The fourth-order valence-electron chi connectivity index (χ4n) is 4.37. The Labute approximate surface area is 149 Å². The van der Waals surface area contributed by atoms with Gasteiger partial charge in [0, 0.05) is 23.8 Å². The molecule has 2 aromatic rings. The van der Waals surface area contributed by atoms with Crippen molar-refractivity contribution in [2.45, 2.75) is 70.0 Å². The largest absolute Gasteiger partial charge is 0.333 e. The lowest BCUT2D eigenvalue weighted by molar-refractivity contribution is 0.0523. The van der Waals surface area contributed by atoms with Gasteiger partial charge >= 0.3 is 0 Å². The van der Waals surface area contributed by atoms with Crippen LogP contribution in [0.15, 0.2) is 36.7 Å². The molecular formula is C20H26N4O. The maximum atomic E-state index is 13.1. The number of amides is 1. The van der Waals surface area contributed by atoms with Crippen LogP contribution in [0.2, 0.25) is 0 Å². The zero-order valence-electron chi connectivity index (χ0n) is 15.2. The molecule has 25 heavy (non-hydrogen) atoms. The van der Waals surface area contributed by atoms with Crippen molar-refractivity contribution in [3.63, 3.8) is 0 Å². The normalized spacial score (nSPS) is 26.0. The summed E-state index contributed by atoms with van der Waals surface area (Å²) in [5, 5.41) is 8.09. The van der Waals surface area contributed by atoms with Crippen LogP contribution in [0.3, 0.4) is 0 Å². The zero-order valence-corrected chi connectivity index (χ0v) is 15.2. The summed E-state index contributed by atoms with van der Waals surface area (Å²) in [6.45, 7) is 6.58. The van der Waals surface area contributed by atoms with E-state index in [1.165, 1.54) is 5.56 Å². The van der Waals surface area contributed by atoms with Gasteiger partial charge in [-0.1, -0.05) is 38.1 Å². The highest BCUT2D eigenvalue weighted by Crippen LogP contribution is 2.41. The third kappa shape index (κ3) is 2.96. The second-order valence-corrected chi connectivity index (χ2v) is 8.43. The van der Waals surface area contributed by atoms with E-state index in [0.717, 1.165) is 31.2 Å². The van der Waals surface area contributed by atoms with Gasteiger partial charge in [-0.2, -0.15) is 0 Å². The molecule has 1 amide bonds. The van der Waals surface area contributed by atoms with Crippen molar-refractivity contribution in [1.29, 1.82) is 0 Å². The first-order valence-corrected chi connectivity index (χ1v) is 9.22. The number of aromatic nitrogens is 3. The third-order valence-corrected chi connectivity index (χ3v) is 5.76. The first-order chi connectivity index (χ1) is 11.9. The number of carbonyl (C=O) groups is 1. The lowest BCUT2D eigenvalue weighted by Crippen LogP contribution is -2.47. The van der Waals surface area contributed by atoms with E-state index in [4.69, 9.17) is 0 Å². The fourth-order valence-corrected chi connectivity index (χ4v) is 4.37. The summed E-state index contributed by atoms with van der Waals surface area (Å²) in [5.74, 6) is 0.185. The van der Waals surface area contributed by atoms with Crippen LogP contribution in [-0.4, -0.2) is 37.9 Å². The van der Waals surface area contributed by atoms with Crippen LogP contribution in [0.25, 0.3) is 0 Å². The Balaban J connectivity index is 1.52. The molecule has 2 fully saturated rings. The van der Waals surface area contributed by atoms with Crippen molar-refractivity contribution in [2.75, 3.05) is 0 Å². The van der Waals surface area contributed by atoms with Crippen molar-refractivity contribution < 1.29 is 4.79 Å². The molecular weight excluding hydrogens is 312 g/mol. The highest BCUT2D eigenvalue weighted by Gasteiger charge is 2.44. The lowest BCUT2D eigenvalue weighted by Gasteiger charge is -2.39. The number of piperidine rings is 1. The molecule has 0 spiro atoms. The Morgan fingerprint density at radius 2 is 1.68 bits per heavy atom. The third-order valence-electron chi connectivity index (χ3n) is 5.76. The maximum absolute atomic E-state index is 13.1. The number of rotatable bonds is 2. The maximum Gasteiger partial charge on any atom is 0.254 e. The van der Waals surface area contributed by atoms with Crippen LogP contribution < -0.4 is 0 Å². The van der Waals surface area contributed by atoms with Crippen molar-refractivity contribution in [1.82, 2.24) is 19.9 Å². The number of hydrogen-bond acceptors (Lipinski definition) is 3. The number of fused-ring (bicyclic) bond motifs is 2. The predicted octanol–water partition coefficient (Wildman–Crippen LogP) is 3.58. The second kappa shape index (κ2) is 5.97. The van der Waals surface area contributed by atoms with E-state index in [-0.39, 0.29) is 11.3 Å². The number of carbonyl (C=O) groups excluding carboxylic acids is 1. The zero-order chi connectivity index (χ0) is 17.6. The molecule has 0 aliphatic carbocycles. The quantitative estimate of drug-likeness (QED) is 0.841. The van der Waals surface area contributed by atoms with E-state index in [1.54, 1.807) is 6.20 Å². The van der Waals surface area contributed by atoms with Crippen molar-refractivity contribution in [2.24, 2.45) is 0 Å². The van der Waals surface area contributed by atoms with Gasteiger partial charge in [0.05, 0.1) is 12.2 Å². The van der Waals surface area contributed by atoms with Gasteiger partial charge in [-0.15, -0.1) is 5.10 Å². The first-order valence-electron chi connectivity index (χ1n) is 9.22. The molecule has 5 nitrogen and oxygen atoms in total. The molecule has 1 aromatic carbocycles. The molecule has 3 heterocycles. The van der Waals surface area contributed by atoms with E-state index in [2.05, 4.69) is 48.1 Å². The van der Waals surface area contributed by atoms with Gasteiger partial charge in [-0.05, 0) is 48.8 Å². The van der Waals surface area contributed by atoms with Crippen LogP contribution >= 0.6 is 0 Å². The molecule has 0 saturated carbocycles. The van der Waals surface area contributed by atoms with E-state index in [1.807, 2.05) is 23.0 Å². The molecule has 2 bridgehead atoms. The van der Waals surface area contributed by atoms with Gasteiger partial charge in [-0.3, -0.25) is 4.79 Å². The monoisotopic (exact) mass is 338 g/mol. The molecule has 0 N–H and O–H groups in total. The minimum atomic E-state index is 0.108. The van der Waals surface area contributed by atoms with Gasteiger partial charge in [0.2, 0.25) is 0 Å². The molecule has 2 unspecified atom stereocenters. The van der Waals surface area contributed by atoms with Gasteiger partial charge in [0.25, 0.3) is 5.91 Å². The van der Waals surface area contributed by atoms with Crippen LogP contribution in [-0.2, 0) is 5.41 Å². The molecule has 2 aliphatic rings. The Morgan fingerprint density at radius 3 is 2.20 bits per heavy atom. The smallest absolute Gasteiger partial charge is 0.254 e. The van der Waals surface area contributed by atoms with E-state index < -0.39 is 0 Å². The van der Waals surface area contributed by atoms with Gasteiger partial charge in [-0.25, -0.2) is 4.68 Å². The fraction of sp³-hybridized carbons (Fsp3) is 0.550. The summed E-state index contributed by atoms with van der Waals surface area (Å²) < 4.78 is 1.96. The van der Waals surface area contributed by atoms with Crippen molar-refractivity contribution >= 4 is 5.91 Å². The van der Waals surface area contributed by atoms with Crippen LogP contribution in [0.4, 0.5) is 0 Å². The highest BCUT2D eigenvalue weighted by atomic mass is 16.2. The van der Waals surface area contributed by atoms with E-state index >= 15 is 0 Å². The van der Waals surface area contributed by atoms with Crippen molar-refractivity contribution in [3.8, 4) is 0 Å². The minimum absolute atomic E-state index is 0.108. The topological polar surface area (TPSA) is 51.0 Å². The summed E-state index contributed by atoms with van der Waals surface area (Å²) >= 11 is 0. The molecule has 5 heteroatoms. The summed E-state index contributed by atoms with van der Waals surface area (Å²) in [7, 11) is 0. The van der Waals surface area contributed by atoms with E-state index in [0.29, 0.717) is 18.1 Å². The molecule has 1 aromatic heterocycles. The summed E-state index contributed by atoms with van der Waals surface area (Å²) in [6.07, 6.45) is 7.82. The average molecular weight is 338 g/mol. The number of nitrogens with zero attached hydrogens (tertiary/aromatic N) is 4. The summed E-state index contributed by atoms with van der Waals surface area (Å²) in [4.78, 5) is 15.2. The summed E-state index contributed by atoms with van der Waals surface area (Å²) in [6, 6.07) is 9.18. The SMILES string of the molecule is CC(C)(C)c1ccc(C(=O)N2C3CCC2CC(n2ccnn2)C3)cc1. The highest BCUT2D eigenvalue weighted by molar-refractivity contribution is 5.95. The van der Waals surface area contributed by atoms with Crippen LogP contribution in [0, 0.1) is 0 Å².